The number of hydrogen-bond acceptors (Lipinski definition) is 1. The van der Waals surface area contributed by atoms with Gasteiger partial charge >= 0.3 is 0 Å². The Kier molecular flexibility index (Phi) is 3.30. The van der Waals surface area contributed by atoms with Crippen molar-refractivity contribution in [2.24, 2.45) is 5.41 Å². The minimum atomic E-state index is 0.139. The summed E-state index contributed by atoms with van der Waals surface area (Å²) < 4.78 is 0. The van der Waals surface area contributed by atoms with Crippen LogP contribution in [0.5, 0.6) is 0 Å². The van der Waals surface area contributed by atoms with Crippen LogP contribution in [-0.2, 0) is 0 Å². The number of rotatable bonds is 1. The second kappa shape index (κ2) is 3.50. The highest BCUT2D eigenvalue weighted by Crippen LogP contribution is 2.47. The summed E-state index contributed by atoms with van der Waals surface area (Å²) in [6, 6.07) is 2.30. The molecule has 0 amide bonds. The van der Waals surface area contributed by atoms with Gasteiger partial charge in [-0.05, 0) is 19.3 Å². The standard InChI is InChI=1S/C6H9N.C2H6/c1-2-6(5-7)3-4-6;1-2/h2-4H2,1H3;1-2H3. The zero-order valence-electron chi connectivity index (χ0n) is 6.57. The van der Waals surface area contributed by atoms with Gasteiger partial charge in [0, 0.05) is 0 Å². The zero-order chi connectivity index (χ0) is 7.33. The van der Waals surface area contributed by atoms with Gasteiger partial charge in [0.05, 0.1) is 11.5 Å². The van der Waals surface area contributed by atoms with Crippen molar-refractivity contribution in [3.63, 3.8) is 0 Å². The molecule has 0 aromatic rings. The molecule has 0 aromatic heterocycles. The highest BCUT2D eigenvalue weighted by Gasteiger charge is 2.40. The van der Waals surface area contributed by atoms with Crippen LogP contribution in [0.25, 0.3) is 0 Å². The van der Waals surface area contributed by atoms with Crippen LogP contribution in [-0.4, -0.2) is 0 Å². The van der Waals surface area contributed by atoms with Gasteiger partial charge in [0.15, 0.2) is 0 Å². The number of nitriles is 1. The lowest BCUT2D eigenvalue weighted by Gasteiger charge is -1.93. The maximum Gasteiger partial charge on any atom is 0.0689 e. The lowest BCUT2D eigenvalue weighted by atomic mass is 10.1. The second-order valence-electron chi connectivity index (χ2n) is 2.25. The Morgan fingerprint density at radius 3 is 1.89 bits per heavy atom. The Balaban J connectivity index is 0.000000291. The molecule has 1 aliphatic carbocycles. The molecule has 0 atom stereocenters. The van der Waals surface area contributed by atoms with E-state index >= 15 is 0 Å². The van der Waals surface area contributed by atoms with E-state index < -0.39 is 0 Å². The first-order valence-electron chi connectivity index (χ1n) is 3.74. The largest absolute Gasteiger partial charge is 0.198 e. The van der Waals surface area contributed by atoms with Gasteiger partial charge in [0.25, 0.3) is 0 Å². The molecule has 0 saturated heterocycles. The van der Waals surface area contributed by atoms with Crippen molar-refractivity contribution >= 4 is 0 Å². The van der Waals surface area contributed by atoms with Crippen LogP contribution in [0.15, 0.2) is 0 Å². The molecule has 9 heavy (non-hydrogen) atoms. The molecule has 0 radical (unpaired) electrons. The van der Waals surface area contributed by atoms with Gasteiger partial charge in [-0.15, -0.1) is 0 Å². The van der Waals surface area contributed by atoms with Crippen LogP contribution in [0.1, 0.15) is 40.0 Å². The molecule has 1 rings (SSSR count). The molecular formula is C8H15N. The van der Waals surface area contributed by atoms with Gasteiger partial charge in [-0.2, -0.15) is 5.26 Å². The van der Waals surface area contributed by atoms with Crippen LogP contribution in [0.3, 0.4) is 0 Å². The highest BCUT2D eigenvalue weighted by molar-refractivity contribution is 5.08. The second-order valence-corrected chi connectivity index (χ2v) is 2.25. The first-order valence-corrected chi connectivity index (χ1v) is 3.74. The molecule has 0 heterocycles. The van der Waals surface area contributed by atoms with Gasteiger partial charge in [-0.3, -0.25) is 0 Å². The van der Waals surface area contributed by atoms with Crippen molar-refractivity contribution in [1.29, 1.82) is 5.26 Å². The van der Waals surface area contributed by atoms with Crippen LogP contribution in [0, 0.1) is 16.7 Å². The number of hydrogen-bond donors (Lipinski definition) is 0. The Morgan fingerprint density at radius 1 is 1.44 bits per heavy atom. The quantitative estimate of drug-likeness (QED) is 0.528. The van der Waals surface area contributed by atoms with Gasteiger partial charge in [-0.25, -0.2) is 0 Å². The Bertz CT molecular complexity index is 106. The molecular weight excluding hydrogens is 110 g/mol. The molecule has 52 valence electrons. The summed E-state index contributed by atoms with van der Waals surface area (Å²) in [6.07, 6.45) is 3.32. The molecule has 1 aliphatic rings. The third kappa shape index (κ3) is 2.05. The van der Waals surface area contributed by atoms with Crippen molar-refractivity contribution in [2.45, 2.75) is 40.0 Å². The van der Waals surface area contributed by atoms with E-state index in [-0.39, 0.29) is 5.41 Å². The number of nitrogens with zero attached hydrogens (tertiary/aromatic N) is 1. The predicted octanol–water partition coefficient (Wildman–Crippen LogP) is 2.73. The van der Waals surface area contributed by atoms with E-state index in [0.717, 1.165) is 19.3 Å². The fraction of sp³-hybridized carbons (Fsp3) is 0.875. The zero-order valence-corrected chi connectivity index (χ0v) is 6.57. The van der Waals surface area contributed by atoms with E-state index in [1.54, 1.807) is 0 Å². The van der Waals surface area contributed by atoms with Crippen molar-refractivity contribution < 1.29 is 0 Å². The Hall–Kier alpha value is -0.510. The fourth-order valence-corrected chi connectivity index (χ4v) is 0.695. The smallest absolute Gasteiger partial charge is 0.0689 e. The molecule has 0 bridgehead atoms. The third-order valence-electron chi connectivity index (χ3n) is 1.77. The maximum atomic E-state index is 8.41. The topological polar surface area (TPSA) is 23.8 Å². The summed E-state index contributed by atoms with van der Waals surface area (Å²) in [5, 5.41) is 8.41. The fourth-order valence-electron chi connectivity index (χ4n) is 0.695. The van der Waals surface area contributed by atoms with E-state index in [2.05, 4.69) is 13.0 Å². The van der Waals surface area contributed by atoms with Crippen LogP contribution < -0.4 is 0 Å². The minimum Gasteiger partial charge on any atom is -0.198 e. The van der Waals surface area contributed by atoms with Gasteiger partial charge in [0.2, 0.25) is 0 Å². The van der Waals surface area contributed by atoms with Crippen molar-refractivity contribution in [3.05, 3.63) is 0 Å². The highest BCUT2D eigenvalue weighted by atomic mass is 14.5. The van der Waals surface area contributed by atoms with Gasteiger partial charge in [0.1, 0.15) is 0 Å². The lowest BCUT2D eigenvalue weighted by Crippen LogP contribution is -1.89. The molecule has 0 aliphatic heterocycles. The maximum absolute atomic E-state index is 8.41. The molecule has 1 heteroatoms. The molecule has 1 fully saturated rings. The van der Waals surface area contributed by atoms with Crippen molar-refractivity contribution in [1.82, 2.24) is 0 Å². The molecule has 1 saturated carbocycles. The summed E-state index contributed by atoms with van der Waals surface area (Å²) in [5.41, 5.74) is 0.139. The molecule has 1 nitrogen and oxygen atoms in total. The summed E-state index contributed by atoms with van der Waals surface area (Å²) in [5.74, 6) is 0. The summed E-state index contributed by atoms with van der Waals surface area (Å²) in [7, 11) is 0. The minimum absolute atomic E-state index is 0.139. The SMILES string of the molecule is CC.CCC1(C#N)CC1. The average Bonchev–Trinajstić information content (AvgIpc) is 2.72. The van der Waals surface area contributed by atoms with Gasteiger partial charge < -0.3 is 0 Å². The Morgan fingerprint density at radius 2 is 1.89 bits per heavy atom. The lowest BCUT2D eigenvalue weighted by molar-refractivity contribution is 0.641. The Labute approximate surface area is 57.7 Å². The van der Waals surface area contributed by atoms with E-state index in [1.807, 2.05) is 13.8 Å². The van der Waals surface area contributed by atoms with Crippen LogP contribution in [0.2, 0.25) is 0 Å². The van der Waals surface area contributed by atoms with E-state index in [0.29, 0.717) is 0 Å². The normalized spacial score (nSPS) is 18.9. The van der Waals surface area contributed by atoms with E-state index in [9.17, 15) is 0 Å². The predicted molar refractivity (Wildman–Crippen MR) is 38.9 cm³/mol. The van der Waals surface area contributed by atoms with Crippen molar-refractivity contribution in [2.75, 3.05) is 0 Å². The average molecular weight is 125 g/mol. The summed E-state index contributed by atoms with van der Waals surface area (Å²) in [4.78, 5) is 0. The van der Waals surface area contributed by atoms with E-state index in [1.165, 1.54) is 0 Å². The first-order chi connectivity index (χ1) is 4.33. The molecule has 0 spiro atoms. The van der Waals surface area contributed by atoms with Crippen LogP contribution >= 0.6 is 0 Å². The molecule has 0 unspecified atom stereocenters. The molecule has 0 aromatic carbocycles. The third-order valence-corrected chi connectivity index (χ3v) is 1.77. The first kappa shape index (κ1) is 8.49. The monoisotopic (exact) mass is 125 g/mol. The molecule has 0 N–H and O–H groups in total. The summed E-state index contributed by atoms with van der Waals surface area (Å²) >= 11 is 0. The van der Waals surface area contributed by atoms with Crippen molar-refractivity contribution in [3.8, 4) is 6.07 Å². The van der Waals surface area contributed by atoms with E-state index in [4.69, 9.17) is 5.26 Å². The van der Waals surface area contributed by atoms with Crippen LogP contribution in [0.4, 0.5) is 0 Å². The van der Waals surface area contributed by atoms with Gasteiger partial charge in [-0.1, -0.05) is 20.8 Å². The summed E-state index contributed by atoms with van der Waals surface area (Å²) in [6.45, 7) is 6.08.